The number of halogens is 2. The molecule has 2 aromatic rings. The largest absolute Gasteiger partial charge is 0.495 e. The van der Waals surface area contributed by atoms with Crippen LogP contribution in [0.5, 0.6) is 5.75 Å². The number of anilines is 1. The van der Waals surface area contributed by atoms with E-state index in [4.69, 9.17) is 21.4 Å². The summed E-state index contributed by atoms with van der Waals surface area (Å²) >= 11 is 5.89. The summed E-state index contributed by atoms with van der Waals surface area (Å²) in [7, 11) is -2.92. The fourth-order valence-corrected chi connectivity index (χ4v) is 3.19. The third kappa shape index (κ3) is 3.72. The summed E-state index contributed by atoms with van der Waals surface area (Å²) in [6, 6.07) is 6.59. The summed E-state index contributed by atoms with van der Waals surface area (Å²) < 4.78 is 45.3. The van der Waals surface area contributed by atoms with Crippen LogP contribution in [-0.2, 0) is 10.0 Å². The highest BCUT2D eigenvalue weighted by molar-refractivity contribution is 7.92. The van der Waals surface area contributed by atoms with Crippen molar-refractivity contribution in [2.45, 2.75) is 4.90 Å². The Kier molecular flexibility index (Phi) is 4.76. The number of hydrogen-bond donors (Lipinski definition) is 2. The lowest BCUT2D eigenvalue weighted by Crippen LogP contribution is -2.15. The lowest BCUT2D eigenvalue weighted by molar-refractivity contribution is 0.0696. The van der Waals surface area contributed by atoms with Gasteiger partial charge < -0.3 is 9.84 Å². The fourth-order valence-electron chi connectivity index (χ4n) is 1.78. The number of rotatable bonds is 5. The number of benzene rings is 2. The first-order valence-corrected chi connectivity index (χ1v) is 8.00. The van der Waals surface area contributed by atoms with Crippen LogP contribution < -0.4 is 9.46 Å². The molecule has 0 spiro atoms. The topological polar surface area (TPSA) is 92.7 Å². The maximum Gasteiger partial charge on any atom is 0.335 e. The van der Waals surface area contributed by atoms with Crippen molar-refractivity contribution in [1.82, 2.24) is 0 Å². The van der Waals surface area contributed by atoms with E-state index in [1.807, 2.05) is 0 Å². The van der Waals surface area contributed by atoms with Gasteiger partial charge in [0.15, 0.2) is 0 Å². The Bertz CT molecular complexity index is 869. The van der Waals surface area contributed by atoms with Crippen LogP contribution in [0.15, 0.2) is 41.3 Å². The van der Waals surface area contributed by atoms with Crippen LogP contribution in [0, 0.1) is 5.82 Å². The van der Waals surface area contributed by atoms with Crippen molar-refractivity contribution in [2.75, 3.05) is 11.8 Å². The van der Waals surface area contributed by atoms with Gasteiger partial charge in [0, 0.05) is 0 Å². The molecule has 0 saturated carbocycles. The van der Waals surface area contributed by atoms with Crippen LogP contribution in [0.25, 0.3) is 0 Å². The van der Waals surface area contributed by atoms with Gasteiger partial charge in [0.1, 0.15) is 16.5 Å². The molecule has 0 atom stereocenters. The first-order valence-electron chi connectivity index (χ1n) is 6.14. The number of carbonyl (C=O) groups is 1. The number of ether oxygens (including phenoxy) is 1. The summed E-state index contributed by atoms with van der Waals surface area (Å²) in [5, 5.41) is 9.04. The number of carboxylic acid groups (broad SMARTS) is 1. The van der Waals surface area contributed by atoms with Gasteiger partial charge in [-0.1, -0.05) is 11.6 Å². The zero-order valence-corrected chi connectivity index (χ0v) is 13.3. The van der Waals surface area contributed by atoms with E-state index in [1.54, 1.807) is 0 Å². The van der Waals surface area contributed by atoms with Gasteiger partial charge >= 0.3 is 5.97 Å². The standard InChI is InChI=1S/C14H11ClFNO5S/c1-22-12-5-3-9(7-10(12)15)17-23(20,21)13-6-8(14(18)19)2-4-11(13)16/h2-7,17H,1H3,(H,18,19). The van der Waals surface area contributed by atoms with E-state index in [-0.39, 0.29) is 16.3 Å². The average molecular weight is 360 g/mol. The molecular weight excluding hydrogens is 349 g/mol. The van der Waals surface area contributed by atoms with Crippen molar-refractivity contribution < 1.29 is 27.4 Å². The van der Waals surface area contributed by atoms with Gasteiger partial charge in [-0.2, -0.15) is 0 Å². The maximum absolute atomic E-state index is 13.8. The Morgan fingerprint density at radius 2 is 1.96 bits per heavy atom. The molecule has 0 saturated heterocycles. The number of carboxylic acids is 1. The molecule has 0 bridgehead atoms. The van der Waals surface area contributed by atoms with Crippen LogP contribution in [0.1, 0.15) is 10.4 Å². The SMILES string of the molecule is COc1ccc(NS(=O)(=O)c2cc(C(=O)O)ccc2F)cc1Cl. The van der Waals surface area contributed by atoms with Crippen LogP contribution >= 0.6 is 11.6 Å². The quantitative estimate of drug-likeness (QED) is 0.856. The van der Waals surface area contributed by atoms with Gasteiger partial charge in [-0.15, -0.1) is 0 Å². The number of methoxy groups -OCH3 is 1. The van der Waals surface area contributed by atoms with Crippen molar-refractivity contribution in [3.63, 3.8) is 0 Å². The Morgan fingerprint density at radius 3 is 2.52 bits per heavy atom. The van der Waals surface area contributed by atoms with E-state index in [9.17, 15) is 17.6 Å². The van der Waals surface area contributed by atoms with E-state index < -0.39 is 26.7 Å². The highest BCUT2D eigenvalue weighted by Gasteiger charge is 2.21. The monoisotopic (exact) mass is 359 g/mol. The second kappa shape index (κ2) is 6.43. The minimum absolute atomic E-state index is 0.0796. The zero-order chi connectivity index (χ0) is 17.2. The smallest absolute Gasteiger partial charge is 0.335 e. The Hall–Kier alpha value is -2.32. The summed E-state index contributed by atoms with van der Waals surface area (Å²) in [5.41, 5.74) is -0.268. The molecule has 0 aliphatic heterocycles. The van der Waals surface area contributed by atoms with Gasteiger partial charge in [-0.3, -0.25) is 4.72 Å². The number of sulfonamides is 1. The molecule has 0 radical (unpaired) electrons. The highest BCUT2D eigenvalue weighted by Crippen LogP contribution is 2.29. The Labute approximate surface area is 136 Å². The van der Waals surface area contributed by atoms with Crippen LogP contribution in [0.2, 0.25) is 5.02 Å². The lowest BCUT2D eigenvalue weighted by atomic mass is 10.2. The predicted molar refractivity (Wildman–Crippen MR) is 82.2 cm³/mol. The van der Waals surface area contributed by atoms with Crippen LogP contribution in [0.3, 0.4) is 0 Å². The second-order valence-corrected chi connectivity index (χ2v) is 6.46. The van der Waals surface area contributed by atoms with E-state index in [2.05, 4.69) is 4.72 Å². The summed E-state index contributed by atoms with van der Waals surface area (Å²) in [4.78, 5) is 10.1. The normalized spacial score (nSPS) is 11.1. The van der Waals surface area contributed by atoms with Crippen molar-refractivity contribution in [3.8, 4) is 5.75 Å². The fraction of sp³-hybridized carbons (Fsp3) is 0.0714. The molecular formula is C14H11ClFNO5S. The summed E-state index contributed by atoms with van der Waals surface area (Å²) in [6.07, 6.45) is 0. The number of hydrogen-bond acceptors (Lipinski definition) is 4. The van der Waals surface area contributed by atoms with E-state index in [0.717, 1.165) is 18.2 Å². The van der Waals surface area contributed by atoms with E-state index >= 15 is 0 Å². The van der Waals surface area contributed by atoms with Crippen molar-refractivity contribution in [3.05, 3.63) is 52.8 Å². The van der Waals surface area contributed by atoms with Gasteiger partial charge in [0.2, 0.25) is 0 Å². The summed E-state index contributed by atoms with van der Waals surface area (Å²) in [5.74, 6) is -2.09. The zero-order valence-electron chi connectivity index (χ0n) is 11.7. The first kappa shape index (κ1) is 17.0. The Balaban J connectivity index is 2.41. The van der Waals surface area contributed by atoms with Gasteiger partial charge in [0.05, 0.1) is 23.4 Å². The third-order valence-corrected chi connectivity index (χ3v) is 4.56. The van der Waals surface area contributed by atoms with Crippen molar-refractivity contribution in [2.24, 2.45) is 0 Å². The van der Waals surface area contributed by atoms with Gasteiger partial charge in [-0.05, 0) is 36.4 Å². The Morgan fingerprint density at radius 1 is 1.26 bits per heavy atom. The van der Waals surface area contributed by atoms with E-state index in [1.165, 1.54) is 25.3 Å². The van der Waals surface area contributed by atoms with Crippen LogP contribution in [-0.4, -0.2) is 26.6 Å². The molecule has 0 aromatic heterocycles. The molecule has 122 valence electrons. The predicted octanol–water partition coefficient (Wildman–Crippen LogP) is 2.99. The van der Waals surface area contributed by atoms with Crippen LogP contribution in [0.4, 0.5) is 10.1 Å². The molecule has 2 aromatic carbocycles. The minimum atomic E-state index is -4.32. The minimum Gasteiger partial charge on any atom is -0.495 e. The van der Waals surface area contributed by atoms with Crippen molar-refractivity contribution in [1.29, 1.82) is 0 Å². The van der Waals surface area contributed by atoms with Crippen molar-refractivity contribution >= 4 is 33.3 Å². The number of aromatic carboxylic acids is 1. The van der Waals surface area contributed by atoms with E-state index in [0.29, 0.717) is 5.75 Å². The second-order valence-electron chi connectivity index (χ2n) is 4.41. The summed E-state index contributed by atoms with van der Waals surface area (Å²) in [6.45, 7) is 0. The average Bonchev–Trinajstić information content (AvgIpc) is 2.47. The molecule has 0 aliphatic rings. The maximum atomic E-state index is 13.8. The molecule has 6 nitrogen and oxygen atoms in total. The molecule has 0 aliphatic carbocycles. The van der Waals surface area contributed by atoms with Gasteiger partial charge in [0.25, 0.3) is 10.0 Å². The highest BCUT2D eigenvalue weighted by atomic mass is 35.5. The number of nitrogens with one attached hydrogen (secondary N) is 1. The molecule has 0 unspecified atom stereocenters. The first-order chi connectivity index (χ1) is 10.7. The molecule has 23 heavy (non-hydrogen) atoms. The molecule has 9 heteroatoms. The third-order valence-electron chi connectivity index (χ3n) is 2.87. The molecule has 2 N–H and O–H groups in total. The lowest BCUT2D eigenvalue weighted by Gasteiger charge is -2.11. The molecule has 0 heterocycles. The molecule has 2 rings (SSSR count). The molecule has 0 amide bonds. The van der Waals surface area contributed by atoms with Gasteiger partial charge in [-0.25, -0.2) is 17.6 Å². The molecule has 0 fully saturated rings.